The Morgan fingerprint density at radius 1 is 0.743 bits per heavy atom. The van der Waals surface area contributed by atoms with Crippen molar-refractivity contribution in [3.63, 3.8) is 0 Å². The molecule has 0 fully saturated rings. The topological polar surface area (TPSA) is 5.90 Å². The minimum absolute atomic E-state index is 0.600. The smallest absolute Gasteiger partial charge is 0.166 e. The summed E-state index contributed by atoms with van der Waals surface area (Å²) in [5.74, 6) is 6.75. The average Bonchev–Trinajstić information content (AvgIpc) is 2.86. The first-order valence-electron chi connectivity index (χ1n) is 12.8. The van der Waals surface area contributed by atoms with Crippen molar-refractivity contribution in [1.29, 1.82) is 0 Å². The number of benzene rings is 3. The Bertz CT molecular complexity index is 1120. The van der Waals surface area contributed by atoms with Gasteiger partial charge in [0.05, 0.1) is 5.56 Å². The molecule has 0 saturated heterocycles. The Kier molecular flexibility index (Phi) is 10.2. The minimum Gasteiger partial charge on any atom is -0.166 e. The van der Waals surface area contributed by atoms with Gasteiger partial charge in [-0.2, -0.15) is 18.1 Å². The Labute approximate surface area is 208 Å². The largest absolute Gasteiger partial charge is 0.416 e. The fraction of sp³-hybridized carbons (Fsp3) is 0.419. The Hall–Kier alpha value is -2.77. The van der Waals surface area contributed by atoms with Crippen molar-refractivity contribution in [2.45, 2.75) is 78.1 Å². The summed E-state index contributed by atoms with van der Waals surface area (Å²) in [5, 5.41) is 2.34. The second-order valence-electron chi connectivity index (χ2n) is 9.14. The summed E-state index contributed by atoms with van der Waals surface area (Å²) < 4.78 is 38.6. The molecule has 0 aliphatic carbocycles. The molecule has 1 radical (unpaired) electrons. The van der Waals surface area contributed by atoms with Crippen LogP contribution in [0.5, 0.6) is 0 Å². The zero-order valence-corrected chi connectivity index (χ0v) is 20.9. The highest BCUT2D eigenvalue weighted by molar-refractivity contribution is 5.90. The van der Waals surface area contributed by atoms with Crippen molar-refractivity contribution in [3.05, 3.63) is 82.9 Å². The molecule has 0 aromatic heterocycles. The van der Waals surface area contributed by atoms with Crippen molar-refractivity contribution in [2.24, 2.45) is 0 Å². The predicted molar refractivity (Wildman–Crippen MR) is 140 cm³/mol. The molecule has 3 aromatic rings. The van der Waals surface area contributed by atoms with Crippen LogP contribution >= 0.6 is 0 Å². The van der Waals surface area contributed by atoms with Crippen LogP contribution in [0.25, 0.3) is 10.8 Å². The third-order valence-electron chi connectivity index (χ3n) is 6.42. The molecule has 0 N–H and O–H groups in total. The highest BCUT2D eigenvalue weighted by atomic mass is 19.4. The molecule has 0 unspecified atom stereocenters. The quantitative estimate of drug-likeness (QED) is 0.147. The Morgan fingerprint density at radius 3 is 2.11 bits per heavy atom. The summed E-state index contributed by atoms with van der Waals surface area (Å²) in [4.78, 5) is 2.24. The van der Waals surface area contributed by atoms with Gasteiger partial charge in [0.15, 0.2) is 0 Å². The number of fused-ring (bicyclic) bond motifs is 1. The lowest BCUT2D eigenvalue weighted by Gasteiger charge is -2.14. The Balaban J connectivity index is 1.68. The second-order valence-corrected chi connectivity index (χ2v) is 9.14. The van der Waals surface area contributed by atoms with Crippen molar-refractivity contribution in [3.8, 4) is 11.8 Å². The van der Waals surface area contributed by atoms with E-state index in [2.05, 4.69) is 54.9 Å². The maximum atomic E-state index is 12.9. The van der Waals surface area contributed by atoms with Gasteiger partial charge in [0.2, 0.25) is 0 Å². The van der Waals surface area contributed by atoms with Crippen molar-refractivity contribution >= 4 is 10.8 Å². The number of hydrogen-bond acceptors (Lipinski definition) is 1. The van der Waals surface area contributed by atoms with Crippen molar-refractivity contribution in [2.75, 3.05) is 6.54 Å². The molecule has 35 heavy (non-hydrogen) atoms. The van der Waals surface area contributed by atoms with Gasteiger partial charge in [-0.15, -0.1) is 0 Å². The first kappa shape index (κ1) is 26.8. The number of rotatable bonds is 11. The third kappa shape index (κ3) is 8.15. The van der Waals surface area contributed by atoms with Crippen LogP contribution in [0.2, 0.25) is 0 Å². The van der Waals surface area contributed by atoms with Crippen LogP contribution < -0.4 is 4.90 Å². The summed E-state index contributed by atoms with van der Waals surface area (Å²) in [7, 11) is 0. The second kappa shape index (κ2) is 13.4. The van der Waals surface area contributed by atoms with Gasteiger partial charge in [0.25, 0.3) is 0 Å². The van der Waals surface area contributed by atoms with E-state index in [4.69, 9.17) is 0 Å². The molecule has 3 aromatic carbocycles. The molecule has 0 heterocycles. The molecule has 0 bridgehead atoms. The van der Waals surface area contributed by atoms with Crippen LogP contribution in [-0.2, 0) is 19.3 Å². The minimum atomic E-state index is -4.30. The van der Waals surface area contributed by atoms with Gasteiger partial charge in [-0.3, -0.25) is 0 Å². The monoisotopic (exact) mass is 479 g/mol. The molecule has 1 nitrogen and oxygen atoms in total. The van der Waals surface area contributed by atoms with Crippen LogP contribution in [0.15, 0.2) is 60.7 Å². The van der Waals surface area contributed by atoms with Crippen LogP contribution in [-0.4, -0.2) is 6.54 Å². The van der Waals surface area contributed by atoms with Crippen LogP contribution in [0, 0.1) is 11.8 Å². The van der Waals surface area contributed by atoms with E-state index in [0.29, 0.717) is 6.54 Å². The standard InChI is InChI=1S/C31H36F3N/c1-3-5-6-7-8-9-10-11-14-26-19-20-27(30-16-13-12-15-29(26)30)24-35(4-2)23-25-17-21-28(22-18-25)31(32,33)34/h12-13,15-22H,3-10,23-24H2,1-2H3/q+1. The summed E-state index contributed by atoms with van der Waals surface area (Å²) in [5.41, 5.74) is 2.53. The van der Waals surface area contributed by atoms with Gasteiger partial charge in [-0.05, 0) is 42.3 Å². The highest BCUT2D eigenvalue weighted by Crippen LogP contribution is 2.29. The lowest BCUT2D eigenvalue weighted by molar-refractivity contribution is -0.137. The van der Waals surface area contributed by atoms with Gasteiger partial charge in [0, 0.05) is 23.1 Å². The summed E-state index contributed by atoms with van der Waals surface area (Å²) >= 11 is 0. The summed E-state index contributed by atoms with van der Waals surface area (Å²) in [6.45, 7) is 6.44. The summed E-state index contributed by atoms with van der Waals surface area (Å²) in [6, 6.07) is 18.1. The third-order valence-corrected chi connectivity index (χ3v) is 6.42. The molecule has 4 heteroatoms. The molecule has 0 aliphatic rings. The van der Waals surface area contributed by atoms with Gasteiger partial charge < -0.3 is 0 Å². The van der Waals surface area contributed by atoms with Crippen LogP contribution in [0.3, 0.4) is 0 Å². The molecule has 0 saturated carbocycles. The summed E-state index contributed by atoms with van der Waals surface area (Å²) in [6.07, 6.45) is 4.25. The lowest BCUT2D eigenvalue weighted by Crippen LogP contribution is -2.28. The van der Waals surface area contributed by atoms with Gasteiger partial charge >= 0.3 is 6.18 Å². The Morgan fingerprint density at radius 2 is 1.43 bits per heavy atom. The molecule has 0 amide bonds. The van der Waals surface area contributed by atoms with E-state index < -0.39 is 11.7 Å². The van der Waals surface area contributed by atoms with Gasteiger partial charge in [-0.25, -0.2) is 0 Å². The maximum Gasteiger partial charge on any atom is 0.416 e. The van der Waals surface area contributed by atoms with E-state index in [1.165, 1.54) is 43.1 Å². The van der Waals surface area contributed by atoms with Crippen molar-refractivity contribution < 1.29 is 13.2 Å². The van der Waals surface area contributed by atoms with Crippen molar-refractivity contribution in [1.82, 2.24) is 4.90 Å². The zero-order chi connectivity index (χ0) is 25.1. The first-order chi connectivity index (χ1) is 16.9. The predicted octanol–water partition coefficient (Wildman–Crippen LogP) is 8.82. The molecular formula is C31H36F3N+. The maximum absolute atomic E-state index is 12.9. The number of unbranched alkanes of at least 4 members (excludes halogenated alkanes) is 6. The molecule has 0 atom stereocenters. The van der Waals surface area contributed by atoms with E-state index >= 15 is 0 Å². The van der Waals surface area contributed by atoms with E-state index in [0.717, 1.165) is 54.6 Å². The van der Waals surface area contributed by atoms with Crippen LogP contribution in [0.1, 0.15) is 81.0 Å². The van der Waals surface area contributed by atoms with E-state index in [9.17, 15) is 13.2 Å². The molecule has 0 spiro atoms. The van der Waals surface area contributed by atoms with Crippen LogP contribution in [0.4, 0.5) is 13.2 Å². The normalized spacial score (nSPS) is 11.6. The highest BCUT2D eigenvalue weighted by Gasteiger charge is 2.30. The zero-order valence-electron chi connectivity index (χ0n) is 20.9. The number of nitrogens with zero attached hydrogens (tertiary/aromatic N) is 1. The molecular weight excluding hydrogens is 443 g/mol. The van der Waals surface area contributed by atoms with Gasteiger partial charge in [-0.1, -0.05) is 93.3 Å². The van der Waals surface area contributed by atoms with E-state index in [-0.39, 0.29) is 0 Å². The van der Waals surface area contributed by atoms with E-state index in [1.54, 1.807) is 12.1 Å². The fourth-order valence-corrected chi connectivity index (χ4v) is 4.34. The van der Waals surface area contributed by atoms with E-state index in [1.807, 2.05) is 12.1 Å². The first-order valence-corrected chi connectivity index (χ1v) is 12.8. The SMILES string of the molecule is CCCCCCCCC#Cc1ccc(C[N+](CC)Cc2ccc(C(F)(F)F)cc2)c2ccccc12. The number of halogens is 3. The average molecular weight is 480 g/mol. The fourth-order valence-electron chi connectivity index (χ4n) is 4.34. The number of alkyl halides is 3. The molecule has 185 valence electrons. The lowest BCUT2D eigenvalue weighted by atomic mass is 9.99. The number of hydrogen-bond donors (Lipinski definition) is 0. The molecule has 3 rings (SSSR count). The van der Waals surface area contributed by atoms with Gasteiger partial charge in [0.1, 0.15) is 19.6 Å². The molecule has 0 aliphatic heterocycles.